The molecule has 0 saturated carbocycles. The van der Waals surface area contributed by atoms with Crippen LogP contribution in [0.5, 0.6) is 0 Å². The van der Waals surface area contributed by atoms with Gasteiger partial charge in [0.1, 0.15) is 12.7 Å². The van der Waals surface area contributed by atoms with Crippen LogP contribution in [0.3, 0.4) is 0 Å². The van der Waals surface area contributed by atoms with Gasteiger partial charge < -0.3 is 10.1 Å². The van der Waals surface area contributed by atoms with Crippen molar-refractivity contribution in [2.75, 3.05) is 32.8 Å². The van der Waals surface area contributed by atoms with Gasteiger partial charge in [-0.05, 0) is 44.0 Å². The molecule has 0 radical (unpaired) electrons. The van der Waals surface area contributed by atoms with Crippen LogP contribution in [0.15, 0.2) is 30.9 Å². The van der Waals surface area contributed by atoms with Gasteiger partial charge in [-0.25, -0.2) is 9.67 Å². The predicted molar refractivity (Wildman–Crippen MR) is 94.9 cm³/mol. The first-order valence-corrected chi connectivity index (χ1v) is 8.70. The van der Waals surface area contributed by atoms with E-state index in [0.717, 1.165) is 50.5 Å². The molecule has 3 rings (SSSR count). The lowest BCUT2D eigenvalue weighted by Gasteiger charge is -2.27. The Labute approximate surface area is 148 Å². The van der Waals surface area contributed by atoms with E-state index in [-0.39, 0.29) is 11.9 Å². The Balaban J connectivity index is 1.55. The molecule has 1 aliphatic heterocycles. The number of benzene rings is 1. The van der Waals surface area contributed by atoms with Gasteiger partial charge in [0.2, 0.25) is 0 Å². The van der Waals surface area contributed by atoms with Gasteiger partial charge in [-0.3, -0.25) is 9.69 Å². The highest BCUT2D eigenvalue weighted by molar-refractivity contribution is 5.96. The summed E-state index contributed by atoms with van der Waals surface area (Å²) in [5.74, 6) is -0.0304. The summed E-state index contributed by atoms with van der Waals surface area (Å²) >= 11 is 0. The Morgan fingerprint density at radius 1 is 1.36 bits per heavy atom. The second-order valence-electron chi connectivity index (χ2n) is 6.46. The van der Waals surface area contributed by atoms with Gasteiger partial charge in [0.25, 0.3) is 5.91 Å². The SMILES string of the molecule is Cc1cc(-n2cncn2)ccc1C(=O)NC(C)CCN1CCOCC1. The van der Waals surface area contributed by atoms with E-state index in [1.54, 1.807) is 11.0 Å². The smallest absolute Gasteiger partial charge is 0.251 e. The zero-order valence-electron chi connectivity index (χ0n) is 14.8. The van der Waals surface area contributed by atoms with E-state index in [2.05, 4.69) is 27.2 Å². The third-order valence-electron chi connectivity index (χ3n) is 4.50. The maximum atomic E-state index is 12.5. The third-order valence-corrected chi connectivity index (χ3v) is 4.50. The number of carbonyl (C=O) groups is 1. The lowest BCUT2D eigenvalue weighted by molar-refractivity contribution is 0.0363. The zero-order valence-corrected chi connectivity index (χ0v) is 14.8. The molecule has 1 N–H and O–H groups in total. The standard InChI is InChI=1S/C18H25N5O2/c1-14-11-16(23-13-19-12-20-23)3-4-17(14)18(24)21-15(2)5-6-22-7-9-25-10-8-22/h3-4,11-13,15H,5-10H2,1-2H3,(H,21,24). The second kappa shape index (κ2) is 8.22. The lowest BCUT2D eigenvalue weighted by atomic mass is 10.1. The van der Waals surface area contributed by atoms with Crippen molar-refractivity contribution < 1.29 is 9.53 Å². The first-order chi connectivity index (χ1) is 12.1. The van der Waals surface area contributed by atoms with Crippen molar-refractivity contribution in [1.29, 1.82) is 0 Å². The van der Waals surface area contributed by atoms with E-state index in [9.17, 15) is 4.79 Å². The number of nitrogens with one attached hydrogen (secondary N) is 1. The molecule has 134 valence electrons. The van der Waals surface area contributed by atoms with Crippen LogP contribution in [0.4, 0.5) is 0 Å². The van der Waals surface area contributed by atoms with Crippen molar-refractivity contribution in [3.8, 4) is 5.69 Å². The Kier molecular flexibility index (Phi) is 5.78. The van der Waals surface area contributed by atoms with Crippen LogP contribution in [0.25, 0.3) is 5.69 Å². The topological polar surface area (TPSA) is 72.3 Å². The van der Waals surface area contributed by atoms with Crippen molar-refractivity contribution in [3.05, 3.63) is 42.0 Å². The predicted octanol–water partition coefficient (Wildman–Crippen LogP) is 1.42. The number of carbonyl (C=O) groups excluding carboxylic acids is 1. The van der Waals surface area contributed by atoms with Gasteiger partial charge in [0, 0.05) is 31.2 Å². The summed E-state index contributed by atoms with van der Waals surface area (Å²) < 4.78 is 7.04. The number of hydrogen-bond acceptors (Lipinski definition) is 5. The monoisotopic (exact) mass is 343 g/mol. The Bertz CT molecular complexity index is 695. The van der Waals surface area contributed by atoms with Gasteiger partial charge in [-0.2, -0.15) is 5.10 Å². The van der Waals surface area contributed by atoms with Crippen LogP contribution in [0.1, 0.15) is 29.3 Å². The van der Waals surface area contributed by atoms with Crippen LogP contribution in [-0.4, -0.2) is 64.5 Å². The minimum absolute atomic E-state index is 0.0304. The van der Waals surface area contributed by atoms with Crippen molar-refractivity contribution >= 4 is 5.91 Å². The van der Waals surface area contributed by atoms with Gasteiger partial charge in [0.05, 0.1) is 18.9 Å². The van der Waals surface area contributed by atoms with Crippen molar-refractivity contribution in [3.63, 3.8) is 0 Å². The quantitative estimate of drug-likeness (QED) is 0.859. The zero-order chi connectivity index (χ0) is 17.6. The van der Waals surface area contributed by atoms with E-state index in [0.29, 0.717) is 5.56 Å². The number of hydrogen-bond donors (Lipinski definition) is 1. The summed E-state index contributed by atoms with van der Waals surface area (Å²) in [4.78, 5) is 18.9. The van der Waals surface area contributed by atoms with Gasteiger partial charge in [-0.15, -0.1) is 0 Å². The van der Waals surface area contributed by atoms with E-state index < -0.39 is 0 Å². The summed E-state index contributed by atoms with van der Waals surface area (Å²) in [6, 6.07) is 5.80. The number of nitrogens with zero attached hydrogens (tertiary/aromatic N) is 4. The highest BCUT2D eigenvalue weighted by Crippen LogP contribution is 2.14. The molecule has 1 aromatic carbocycles. The summed E-state index contributed by atoms with van der Waals surface area (Å²) in [6.45, 7) is 8.53. The molecule has 1 unspecified atom stereocenters. The highest BCUT2D eigenvalue weighted by atomic mass is 16.5. The molecule has 1 atom stereocenters. The molecule has 7 nitrogen and oxygen atoms in total. The molecule has 1 amide bonds. The van der Waals surface area contributed by atoms with Gasteiger partial charge >= 0.3 is 0 Å². The Hall–Kier alpha value is -2.25. The second-order valence-corrected chi connectivity index (χ2v) is 6.46. The molecule has 1 fully saturated rings. The van der Waals surface area contributed by atoms with E-state index in [1.165, 1.54) is 6.33 Å². The molecule has 0 spiro atoms. The number of aryl methyl sites for hydroxylation is 1. The van der Waals surface area contributed by atoms with Crippen LogP contribution < -0.4 is 5.32 Å². The highest BCUT2D eigenvalue weighted by Gasteiger charge is 2.15. The van der Waals surface area contributed by atoms with Crippen LogP contribution in [0.2, 0.25) is 0 Å². The first-order valence-electron chi connectivity index (χ1n) is 8.70. The van der Waals surface area contributed by atoms with Crippen LogP contribution in [0, 0.1) is 6.92 Å². The van der Waals surface area contributed by atoms with Gasteiger partial charge in [0.15, 0.2) is 0 Å². The van der Waals surface area contributed by atoms with E-state index in [1.807, 2.05) is 25.1 Å². The molecule has 25 heavy (non-hydrogen) atoms. The molecule has 1 aliphatic rings. The van der Waals surface area contributed by atoms with Crippen molar-refractivity contribution in [2.24, 2.45) is 0 Å². The fraction of sp³-hybridized carbons (Fsp3) is 0.500. The van der Waals surface area contributed by atoms with E-state index >= 15 is 0 Å². The molecule has 7 heteroatoms. The summed E-state index contributed by atoms with van der Waals surface area (Å²) in [6.07, 6.45) is 4.07. The fourth-order valence-corrected chi connectivity index (χ4v) is 2.96. The third kappa shape index (κ3) is 4.64. The van der Waals surface area contributed by atoms with Crippen molar-refractivity contribution in [1.82, 2.24) is 25.0 Å². The number of rotatable bonds is 6. The molecule has 0 bridgehead atoms. The van der Waals surface area contributed by atoms with Crippen LogP contribution >= 0.6 is 0 Å². The largest absolute Gasteiger partial charge is 0.379 e. The molecule has 1 aromatic heterocycles. The van der Waals surface area contributed by atoms with Gasteiger partial charge in [-0.1, -0.05) is 0 Å². The fourth-order valence-electron chi connectivity index (χ4n) is 2.96. The minimum Gasteiger partial charge on any atom is -0.379 e. The maximum Gasteiger partial charge on any atom is 0.251 e. The molecule has 0 aliphatic carbocycles. The average Bonchev–Trinajstić information content (AvgIpc) is 3.15. The molecular weight excluding hydrogens is 318 g/mol. The Morgan fingerprint density at radius 3 is 2.84 bits per heavy atom. The molecule has 2 aromatic rings. The molecule has 1 saturated heterocycles. The lowest BCUT2D eigenvalue weighted by Crippen LogP contribution is -2.40. The molecule has 2 heterocycles. The summed E-state index contributed by atoms with van der Waals surface area (Å²) in [7, 11) is 0. The summed E-state index contributed by atoms with van der Waals surface area (Å²) in [5, 5.41) is 7.21. The van der Waals surface area contributed by atoms with Crippen molar-refractivity contribution in [2.45, 2.75) is 26.3 Å². The summed E-state index contributed by atoms with van der Waals surface area (Å²) in [5.41, 5.74) is 2.51. The maximum absolute atomic E-state index is 12.5. The normalized spacial score (nSPS) is 16.6. The van der Waals surface area contributed by atoms with Crippen LogP contribution in [-0.2, 0) is 4.74 Å². The first kappa shape index (κ1) is 17.6. The average molecular weight is 343 g/mol. The Morgan fingerprint density at radius 2 is 2.16 bits per heavy atom. The number of amides is 1. The number of morpholine rings is 1. The molecular formula is C18H25N5O2. The van der Waals surface area contributed by atoms with E-state index in [4.69, 9.17) is 4.74 Å². The minimum atomic E-state index is -0.0304. The number of aromatic nitrogens is 3. The number of ether oxygens (including phenoxy) is 1.